The highest BCUT2D eigenvalue weighted by molar-refractivity contribution is 5.28. The maximum Gasteiger partial charge on any atom is 0.258 e. The Bertz CT molecular complexity index is 547. The van der Waals surface area contributed by atoms with Crippen LogP contribution in [0.5, 0.6) is 5.75 Å². The topological polar surface area (TPSA) is 66.6 Å². The number of hydrogen-bond donors (Lipinski definition) is 0. The fraction of sp³-hybridized carbons (Fsp3) is 0.429. The van der Waals surface area contributed by atoms with Crippen LogP contribution in [0.15, 0.2) is 28.8 Å². The predicted molar refractivity (Wildman–Crippen MR) is 69.6 cm³/mol. The molecule has 0 aliphatic carbocycles. The van der Waals surface area contributed by atoms with E-state index in [2.05, 4.69) is 10.1 Å². The zero-order valence-electron chi connectivity index (χ0n) is 11.2. The summed E-state index contributed by atoms with van der Waals surface area (Å²) < 4.78 is 21.2. The third-order valence-corrected chi connectivity index (χ3v) is 3.10. The Labute approximate surface area is 116 Å². The van der Waals surface area contributed by atoms with Gasteiger partial charge in [-0.2, -0.15) is 4.98 Å². The van der Waals surface area contributed by atoms with Crippen LogP contribution in [0.1, 0.15) is 23.4 Å². The summed E-state index contributed by atoms with van der Waals surface area (Å²) in [5.74, 6) is 1.95. The molecule has 20 heavy (non-hydrogen) atoms. The minimum Gasteiger partial charge on any atom is -0.497 e. The van der Waals surface area contributed by atoms with Crippen molar-refractivity contribution in [2.75, 3.05) is 26.9 Å². The molecule has 0 bridgehead atoms. The van der Waals surface area contributed by atoms with Crippen molar-refractivity contribution in [1.29, 1.82) is 0 Å². The van der Waals surface area contributed by atoms with Gasteiger partial charge in [-0.15, -0.1) is 0 Å². The molecule has 2 aromatic rings. The van der Waals surface area contributed by atoms with Crippen molar-refractivity contribution in [1.82, 2.24) is 10.1 Å². The highest BCUT2D eigenvalue weighted by Crippen LogP contribution is 2.20. The highest BCUT2D eigenvalue weighted by atomic mass is 16.6. The molecule has 1 aromatic heterocycles. The van der Waals surface area contributed by atoms with Gasteiger partial charge in [0, 0.05) is 6.42 Å². The summed E-state index contributed by atoms with van der Waals surface area (Å²) in [6.07, 6.45) is 0.363. The Hall–Kier alpha value is -1.92. The first-order chi connectivity index (χ1) is 9.85. The van der Waals surface area contributed by atoms with E-state index < -0.39 is 0 Å². The third-order valence-electron chi connectivity index (χ3n) is 3.10. The van der Waals surface area contributed by atoms with Gasteiger partial charge >= 0.3 is 0 Å². The van der Waals surface area contributed by atoms with Gasteiger partial charge in [-0.05, 0) is 17.7 Å². The standard InChI is InChI=1S/C14H16N2O4/c1-17-11-4-2-10(3-5-11)8-13-15-14(20-16-13)12-9-18-6-7-19-12/h2-5,12H,6-9H2,1H3/t12-/m0/s1. The zero-order chi connectivity index (χ0) is 13.8. The highest BCUT2D eigenvalue weighted by Gasteiger charge is 2.22. The summed E-state index contributed by atoms with van der Waals surface area (Å²) in [6.45, 7) is 1.63. The van der Waals surface area contributed by atoms with E-state index in [1.807, 2.05) is 24.3 Å². The van der Waals surface area contributed by atoms with Crippen molar-refractivity contribution in [2.45, 2.75) is 12.5 Å². The largest absolute Gasteiger partial charge is 0.497 e. The molecular weight excluding hydrogens is 260 g/mol. The molecule has 6 heteroatoms. The van der Waals surface area contributed by atoms with Crippen LogP contribution in [0, 0.1) is 0 Å². The molecule has 1 aromatic carbocycles. The molecule has 0 saturated carbocycles. The van der Waals surface area contributed by atoms with E-state index in [0.29, 0.717) is 38.0 Å². The molecule has 0 unspecified atom stereocenters. The Morgan fingerprint density at radius 1 is 1.25 bits per heavy atom. The molecule has 1 aliphatic rings. The van der Waals surface area contributed by atoms with Crippen LogP contribution >= 0.6 is 0 Å². The van der Waals surface area contributed by atoms with Gasteiger partial charge in [0.15, 0.2) is 11.9 Å². The van der Waals surface area contributed by atoms with Gasteiger partial charge in [-0.25, -0.2) is 0 Å². The summed E-state index contributed by atoms with van der Waals surface area (Å²) in [4.78, 5) is 4.36. The lowest BCUT2D eigenvalue weighted by Gasteiger charge is -2.19. The Morgan fingerprint density at radius 2 is 2.10 bits per heavy atom. The lowest BCUT2D eigenvalue weighted by molar-refractivity contribution is -0.101. The molecule has 3 rings (SSSR count). The number of benzene rings is 1. The number of aromatic nitrogens is 2. The molecular formula is C14H16N2O4. The van der Waals surface area contributed by atoms with E-state index in [4.69, 9.17) is 18.7 Å². The normalized spacial score (nSPS) is 18.9. The van der Waals surface area contributed by atoms with Crippen molar-refractivity contribution in [3.05, 3.63) is 41.5 Å². The molecule has 106 valence electrons. The van der Waals surface area contributed by atoms with E-state index in [1.165, 1.54) is 0 Å². The molecule has 0 spiro atoms. The summed E-state index contributed by atoms with van der Waals surface area (Å²) in [6, 6.07) is 7.78. The Balaban J connectivity index is 1.66. The van der Waals surface area contributed by atoms with Crippen molar-refractivity contribution < 1.29 is 18.7 Å². The molecule has 1 atom stereocenters. The van der Waals surface area contributed by atoms with Gasteiger partial charge in [-0.1, -0.05) is 17.3 Å². The smallest absolute Gasteiger partial charge is 0.258 e. The molecule has 0 radical (unpaired) electrons. The fourth-order valence-electron chi connectivity index (χ4n) is 2.03. The monoisotopic (exact) mass is 276 g/mol. The van der Waals surface area contributed by atoms with Gasteiger partial charge in [0.05, 0.1) is 26.9 Å². The number of hydrogen-bond acceptors (Lipinski definition) is 6. The SMILES string of the molecule is COc1ccc(Cc2noc([C@@H]3COCCO3)n2)cc1. The summed E-state index contributed by atoms with van der Waals surface area (Å²) in [5.41, 5.74) is 1.10. The predicted octanol–water partition coefficient (Wildman–Crippen LogP) is 1.76. The summed E-state index contributed by atoms with van der Waals surface area (Å²) >= 11 is 0. The van der Waals surface area contributed by atoms with Crippen molar-refractivity contribution in [2.24, 2.45) is 0 Å². The number of nitrogens with zero attached hydrogens (tertiary/aromatic N) is 2. The zero-order valence-corrected chi connectivity index (χ0v) is 11.2. The summed E-state index contributed by atoms with van der Waals surface area (Å²) in [5, 5.41) is 3.98. The van der Waals surface area contributed by atoms with Gasteiger partial charge in [0.2, 0.25) is 0 Å². The van der Waals surface area contributed by atoms with E-state index in [1.54, 1.807) is 7.11 Å². The van der Waals surface area contributed by atoms with E-state index in [-0.39, 0.29) is 6.10 Å². The second kappa shape index (κ2) is 6.02. The average Bonchev–Trinajstić information content (AvgIpc) is 2.97. The van der Waals surface area contributed by atoms with Gasteiger partial charge < -0.3 is 18.7 Å². The third kappa shape index (κ3) is 2.97. The molecule has 6 nitrogen and oxygen atoms in total. The second-order valence-electron chi connectivity index (χ2n) is 4.51. The first-order valence-corrected chi connectivity index (χ1v) is 6.50. The first kappa shape index (κ1) is 13.1. The van der Waals surface area contributed by atoms with E-state index in [9.17, 15) is 0 Å². The minimum atomic E-state index is -0.249. The van der Waals surface area contributed by atoms with Crippen LogP contribution in [0.3, 0.4) is 0 Å². The lowest BCUT2D eigenvalue weighted by atomic mass is 10.1. The maximum atomic E-state index is 5.52. The number of ether oxygens (including phenoxy) is 3. The molecule has 0 amide bonds. The van der Waals surface area contributed by atoms with E-state index >= 15 is 0 Å². The first-order valence-electron chi connectivity index (χ1n) is 6.50. The maximum absolute atomic E-state index is 5.52. The van der Waals surface area contributed by atoms with Crippen molar-refractivity contribution >= 4 is 0 Å². The molecule has 0 N–H and O–H groups in total. The quantitative estimate of drug-likeness (QED) is 0.847. The van der Waals surface area contributed by atoms with Crippen LogP contribution in [-0.2, 0) is 15.9 Å². The van der Waals surface area contributed by atoms with Crippen LogP contribution < -0.4 is 4.74 Å². The van der Waals surface area contributed by atoms with Crippen molar-refractivity contribution in [3.8, 4) is 5.75 Å². The molecule has 1 saturated heterocycles. The number of rotatable bonds is 4. The number of methoxy groups -OCH3 is 1. The van der Waals surface area contributed by atoms with Crippen LogP contribution in [0.2, 0.25) is 0 Å². The Morgan fingerprint density at radius 3 is 2.80 bits per heavy atom. The van der Waals surface area contributed by atoms with Crippen LogP contribution in [-0.4, -0.2) is 37.1 Å². The van der Waals surface area contributed by atoms with Crippen molar-refractivity contribution in [3.63, 3.8) is 0 Å². The van der Waals surface area contributed by atoms with Crippen LogP contribution in [0.4, 0.5) is 0 Å². The molecule has 1 fully saturated rings. The van der Waals surface area contributed by atoms with Gasteiger partial charge in [0.25, 0.3) is 5.89 Å². The average molecular weight is 276 g/mol. The molecule has 1 aliphatic heterocycles. The van der Waals surface area contributed by atoms with Gasteiger partial charge in [-0.3, -0.25) is 0 Å². The Kier molecular flexibility index (Phi) is 3.94. The molecule has 2 heterocycles. The van der Waals surface area contributed by atoms with Gasteiger partial charge in [0.1, 0.15) is 5.75 Å². The fourth-order valence-corrected chi connectivity index (χ4v) is 2.03. The minimum absolute atomic E-state index is 0.249. The van der Waals surface area contributed by atoms with Crippen LogP contribution in [0.25, 0.3) is 0 Å². The summed E-state index contributed by atoms with van der Waals surface area (Å²) in [7, 11) is 1.65. The van der Waals surface area contributed by atoms with E-state index in [0.717, 1.165) is 11.3 Å². The second-order valence-corrected chi connectivity index (χ2v) is 4.51. The lowest BCUT2D eigenvalue weighted by Crippen LogP contribution is -2.22.